The lowest BCUT2D eigenvalue weighted by Crippen LogP contribution is -2.16. The number of anilines is 1. The van der Waals surface area contributed by atoms with Gasteiger partial charge in [-0.05, 0) is 12.1 Å². The van der Waals surface area contributed by atoms with Gasteiger partial charge in [0.2, 0.25) is 11.7 Å². The lowest BCUT2D eigenvalue weighted by molar-refractivity contribution is 0.240. The SMILES string of the molecule is COc1nc(NS(=O)(=O)c2c[nH]c3cc(Br)ccc23)nc(OC)c1OCCF. The van der Waals surface area contributed by atoms with Gasteiger partial charge >= 0.3 is 0 Å². The molecule has 3 aromatic rings. The number of aromatic amines is 1. The van der Waals surface area contributed by atoms with Gasteiger partial charge in [-0.2, -0.15) is 9.97 Å². The number of hydrogen-bond acceptors (Lipinski definition) is 7. The van der Waals surface area contributed by atoms with Crippen molar-refractivity contribution in [2.45, 2.75) is 4.90 Å². The summed E-state index contributed by atoms with van der Waals surface area (Å²) < 4.78 is 56.5. The van der Waals surface area contributed by atoms with E-state index in [9.17, 15) is 12.8 Å². The van der Waals surface area contributed by atoms with Crippen LogP contribution in [0, 0.1) is 0 Å². The van der Waals surface area contributed by atoms with Gasteiger partial charge in [0.1, 0.15) is 18.2 Å². The third-order valence-corrected chi connectivity index (χ3v) is 5.50. The quantitative estimate of drug-likeness (QED) is 0.515. The van der Waals surface area contributed by atoms with Crippen LogP contribution in [0.1, 0.15) is 0 Å². The molecule has 12 heteroatoms. The first-order valence-electron chi connectivity index (χ1n) is 7.88. The number of sulfonamides is 1. The van der Waals surface area contributed by atoms with Gasteiger partial charge in [-0.3, -0.25) is 0 Å². The maximum absolute atomic E-state index is 12.8. The van der Waals surface area contributed by atoms with Gasteiger partial charge in [-0.25, -0.2) is 17.5 Å². The maximum Gasteiger partial charge on any atom is 0.266 e. The minimum atomic E-state index is -4.02. The molecule has 0 atom stereocenters. The van der Waals surface area contributed by atoms with E-state index < -0.39 is 16.7 Å². The van der Waals surface area contributed by atoms with Crippen LogP contribution in [0.25, 0.3) is 10.9 Å². The molecule has 0 fully saturated rings. The van der Waals surface area contributed by atoms with Crippen molar-refractivity contribution in [2.24, 2.45) is 0 Å². The van der Waals surface area contributed by atoms with Crippen LogP contribution < -0.4 is 18.9 Å². The fourth-order valence-electron chi connectivity index (χ4n) is 2.47. The Morgan fingerprint density at radius 2 is 1.89 bits per heavy atom. The second kappa shape index (κ2) is 8.19. The van der Waals surface area contributed by atoms with Crippen LogP contribution in [-0.4, -0.2) is 50.9 Å². The fraction of sp³-hybridized carbons (Fsp3) is 0.250. The number of hydrogen-bond donors (Lipinski definition) is 2. The first-order valence-corrected chi connectivity index (χ1v) is 10.2. The number of benzene rings is 1. The van der Waals surface area contributed by atoms with E-state index in [-0.39, 0.29) is 35.0 Å². The van der Waals surface area contributed by atoms with Gasteiger partial charge in [-0.1, -0.05) is 22.0 Å². The lowest BCUT2D eigenvalue weighted by Gasteiger charge is -2.14. The van der Waals surface area contributed by atoms with E-state index in [0.717, 1.165) is 4.47 Å². The molecule has 0 amide bonds. The van der Waals surface area contributed by atoms with Gasteiger partial charge < -0.3 is 19.2 Å². The number of H-pyrrole nitrogens is 1. The molecule has 2 aromatic heterocycles. The Kier molecular flexibility index (Phi) is 5.89. The van der Waals surface area contributed by atoms with Gasteiger partial charge in [0.25, 0.3) is 21.8 Å². The zero-order chi connectivity index (χ0) is 20.3. The van der Waals surface area contributed by atoms with Crippen LogP contribution in [0.3, 0.4) is 0 Å². The molecule has 0 spiro atoms. The smallest absolute Gasteiger partial charge is 0.266 e. The summed E-state index contributed by atoms with van der Waals surface area (Å²) in [5.74, 6) is -0.503. The van der Waals surface area contributed by atoms with Crippen molar-refractivity contribution < 1.29 is 27.0 Å². The average molecular weight is 475 g/mol. The molecular weight excluding hydrogens is 459 g/mol. The molecule has 0 aliphatic rings. The summed E-state index contributed by atoms with van der Waals surface area (Å²) in [4.78, 5) is 10.9. The summed E-state index contributed by atoms with van der Waals surface area (Å²) in [6.45, 7) is -0.997. The topological polar surface area (TPSA) is 115 Å². The molecule has 0 radical (unpaired) electrons. The fourth-order valence-corrected chi connectivity index (χ4v) is 3.95. The van der Waals surface area contributed by atoms with Crippen molar-refractivity contribution >= 4 is 42.8 Å². The lowest BCUT2D eigenvalue weighted by atomic mass is 10.2. The molecule has 2 heterocycles. The second-order valence-electron chi connectivity index (χ2n) is 5.38. The molecule has 0 aliphatic carbocycles. The van der Waals surface area contributed by atoms with Crippen LogP contribution in [0.4, 0.5) is 10.3 Å². The molecule has 150 valence electrons. The van der Waals surface area contributed by atoms with Crippen LogP contribution in [0.2, 0.25) is 0 Å². The van der Waals surface area contributed by atoms with E-state index in [2.05, 4.69) is 35.6 Å². The maximum atomic E-state index is 12.8. The van der Waals surface area contributed by atoms with Gasteiger partial charge in [0.15, 0.2) is 0 Å². The summed E-state index contributed by atoms with van der Waals surface area (Å²) in [6, 6.07) is 5.16. The van der Waals surface area contributed by atoms with E-state index in [1.807, 2.05) is 0 Å². The molecule has 0 saturated heterocycles. The molecule has 28 heavy (non-hydrogen) atoms. The van der Waals surface area contributed by atoms with E-state index in [1.54, 1.807) is 18.2 Å². The second-order valence-corrected chi connectivity index (χ2v) is 7.95. The first-order chi connectivity index (χ1) is 13.4. The Morgan fingerprint density at radius 3 is 2.50 bits per heavy atom. The number of ether oxygens (including phenoxy) is 3. The molecule has 9 nitrogen and oxygen atoms in total. The number of nitrogens with one attached hydrogen (secondary N) is 2. The van der Waals surface area contributed by atoms with Crippen LogP contribution in [-0.2, 0) is 10.0 Å². The minimum absolute atomic E-state index is 0.0225. The largest absolute Gasteiger partial charge is 0.481 e. The number of aromatic nitrogens is 3. The van der Waals surface area contributed by atoms with Crippen molar-refractivity contribution in [2.75, 3.05) is 32.2 Å². The Bertz CT molecular complexity index is 1080. The first kappa shape index (κ1) is 20.1. The number of halogens is 2. The van der Waals surface area contributed by atoms with Gasteiger partial charge in [-0.15, -0.1) is 0 Å². The molecule has 0 unspecified atom stereocenters. The van der Waals surface area contributed by atoms with Gasteiger partial charge in [0, 0.05) is 21.6 Å². The molecule has 3 rings (SSSR count). The average Bonchev–Trinajstić information content (AvgIpc) is 3.09. The predicted molar refractivity (Wildman–Crippen MR) is 103 cm³/mol. The van der Waals surface area contributed by atoms with Crippen LogP contribution in [0.15, 0.2) is 33.8 Å². The molecule has 0 bridgehead atoms. The van der Waals surface area contributed by atoms with Crippen molar-refractivity contribution in [1.29, 1.82) is 0 Å². The normalized spacial score (nSPS) is 11.4. The highest BCUT2D eigenvalue weighted by Gasteiger charge is 2.24. The van der Waals surface area contributed by atoms with Crippen molar-refractivity contribution in [1.82, 2.24) is 15.0 Å². The van der Waals surface area contributed by atoms with Crippen LogP contribution in [0.5, 0.6) is 17.5 Å². The Balaban J connectivity index is 1.99. The summed E-state index contributed by atoms with van der Waals surface area (Å²) in [5.41, 5.74) is 0.640. The Labute approximate surface area is 168 Å². The molecule has 2 N–H and O–H groups in total. The zero-order valence-electron chi connectivity index (χ0n) is 14.8. The highest BCUT2D eigenvalue weighted by molar-refractivity contribution is 9.10. The molecule has 1 aromatic carbocycles. The molecule has 0 saturated carbocycles. The zero-order valence-corrected chi connectivity index (χ0v) is 17.2. The molecule has 0 aliphatic heterocycles. The molecular formula is C16H16BrFN4O5S. The van der Waals surface area contributed by atoms with E-state index in [4.69, 9.17) is 14.2 Å². The number of fused-ring (bicyclic) bond motifs is 1. The summed E-state index contributed by atoms with van der Waals surface area (Å²) >= 11 is 3.33. The van der Waals surface area contributed by atoms with Crippen molar-refractivity contribution in [3.63, 3.8) is 0 Å². The van der Waals surface area contributed by atoms with Crippen molar-refractivity contribution in [3.8, 4) is 17.5 Å². The highest BCUT2D eigenvalue weighted by Crippen LogP contribution is 2.35. The summed E-state index contributed by atoms with van der Waals surface area (Å²) in [7, 11) is -1.41. The number of rotatable bonds is 8. The van der Waals surface area contributed by atoms with Crippen molar-refractivity contribution in [3.05, 3.63) is 28.9 Å². The number of alkyl halides is 1. The third-order valence-electron chi connectivity index (χ3n) is 3.63. The standard InChI is InChI=1S/C16H16BrFN4O5S/c1-25-14-13(27-6-5-18)15(26-2)21-16(20-14)22-28(23,24)12-8-19-11-7-9(17)3-4-10(11)12/h3-4,7-8,19H,5-6H2,1-2H3,(H,20,21,22). The van der Waals surface area contributed by atoms with E-state index in [1.165, 1.54) is 20.4 Å². The Hall–Kier alpha value is -2.60. The highest BCUT2D eigenvalue weighted by atomic mass is 79.9. The minimum Gasteiger partial charge on any atom is -0.481 e. The van der Waals surface area contributed by atoms with E-state index >= 15 is 0 Å². The van der Waals surface area contributed by atoms with E-state index in [0.29, 0.717) is 10.9 Å². The van der Waals surface area contributed by atoms with Crippen LogP contribution >= 0.6 is 15.9 Å². The summed E-state index contributed by atoms with van der Waals surface area (Å²) in [6.07, 6.45) is 1.37. The summed E-state index contributed by atoms with van der Waals surface area (Å²) in [5, 5.41) is 0.498. The predicted octanol–water partition coefficient (Wildman–Crippen LogP) is 2.89. The monoisotopic (exact) mass is 474 g/mol. The number of nitrogens with zero attached hydrogens (tertiary/aromatic N) is 2. The number of methoxy groups -OCH3 is 2. The Morgan fingerprint density at radius 1 is 1.21 bits per heavy atom. The van der Waals surface area contributed by atoms with Gasteiger partial charge in [0.05, 0.1) is 14.2 Å². The third kappa shape index (κ3) is 3.97.